The third kappa shape index (κ3) is 5.74. The van der Waals surface area contributed by atoms with E-state index in [2.05, 4.69) is 15.6 Å². The molecule has 2 aromatic carbocycles. The summed E-state index contributed by atoms with van der Waals surface area (Å²) in [4.78, 5) is 25.1. The van der Waals surface area contributed by atoms with E-state index in [0.717, 1.165) is 25.7 Å². The maximum Gasteiger partial charge on any atom is 0.269 e. The number of benzene rings is 2. The highest BCUT2D eigenvalue weighted by Gasteiger charge is 2.24. The number of hydrogen-bond acceptors (Lipinski definition) is 7. The number of sulfonamides is 1. The van der Waals surface area contributed by atoms with Crippen LogP contribution in [-0.2, 0) is 10.0 Å². The van der Waals surface area contributed by atoms with Crippen LogP contribution in [0.5, 0.6) is 17.2 Å². The molecule has 1 aliphatic rings. The van der Waals surface area contributed by atoms with Crippen molar-refractivity contribution in [1.82, 2.24) is 15.6 Å². The van der Waals surface area contributed by atoms with Crippen LogP contribution in [0.3, 0.4) is 0 Å². The van der Waals surface area contributed by atoms with Gasteiger partial charge in [0.1, 0.15) is 0 Å². The number of nitrogens with one attached hydrogen (secondary N) is 3. The molecule has 1 fully saturated rings. The second kappa shape index (κ2) is 10.5. The highest BCUT2D eigenvalue weighted by atomic mass is 32.2. The second-order valence-electron chi connectivity index (χ2n) is 7.45. The number of amides is 2. The number of carbonyl (C=O) groups excluding carboxylic acids is 2. The van der Waals surface area contributed by atoms with Gasteiger partial charge in [0.05, 0.1) is 26.2 Å². The van der Waals surface area contributed by atoms with Gasteiger partial charge in [0, 0.05) is 17.2 Å². The third-order valence-electron chi connectivity index (χ3n) is 5.30. The van der Waals surface area contributed by atoms with Crippen LogP contribution in [0.4, 0.5) is 0 Å². The molecule has 0 bridgehead atoms. The fraction of sp³-hybridized carbons (Fsp3) is 0.364. The topological polar surface area (TPSA) is 132 Å². The van der Waals surface area contributed by atoms with Gasteiger partial charge in [-0.2, -0.15) is 0 Å². The summed E-state index contributed by atoms with van der Waals surface area (Å²) in [6.07, 6.45) is 3.57. The Morgan fingerprint density at radius 3 is 1.97 bits per heavy atom. The molecule has 178 valence electrons. The molecule has 3 rings (SSSR count). The SMILES string of the molecule is COc1cc(C(=O)NNC(=O)c2cccc(S(=O)(=O)NC3CCCC3)c2)cc(OC)c1OC. The first kappa shape index (κ1) is 24.3. The molecule has 0 atom stereocenters. The summed E-state index contributed by atoms with van der Waals surface area (Å²) >= 11 is 0. The Labute approximate surface area is 192 Å². The molecule has 0 radical (unpaired) electrons. The summed E-state index contributed by atoms with van der Waals surface area (Å²) in [5.41, 5.74) is 4.82. The molecule has 1 saturated carbocycles. The van der Waals surface area contributed by atoms with Gasteiger partial charge >= 0.3 is 0 Å². The molecule has 1 aliphatic carbocycles. The predicted octanol–water partition coefficient (Wildman–Crippen LogP) is 2.01. The van der Waals surface area contributed by atoms with Gasteiger partial charge in [0.2, 0.25) is 15.8 Å². The Balaban J connectivity index is 1.70. The van der Waals surface area contributed by atoms with Crippen molar-refractivity contribution in [1.29, 1.82) is 0 Å². The van der Waals surface area contributed by atoms with Crippen molar-refractivity contribution in [3.63, 3.8) is 0 Å². The first-order valence-corrected chi connectivity index (χ1v) is 11.8. The molecule has 2 amide bonds. The number of hydrogen-bond donors (Lipinski definition) is 3. The number of hydrazine groups is 1. The van der Waals surface area contributed by atoms with Crippen LogP contribution in [0.1, 0.15) is 46.4 Å². The van der Waals surface area contributed by atoms with Gasteiger partial charge in [0.15, 0.2) is 11.5 Å². The lowest BCUT2D eigenvalue weighted by Gasteiger charge is -2.15. The second-order valence-corrected chi connectivity index (χ2v) is 9.17. The minimum atomic E-state index is -3.75. The number of carbonyl (C=O) groups is 2. The van der Waals surface area contributed by atoms with Crippen LogP contribution < -0.4 is 29.8 Å². The van der Waals surface area contributed by atoms with Gasteiger partial charge in [-0.1, -0.05) is 18.9 Å². The smallest absolute Gasteiger partial charge is 0.269 e. The van der Waals surface area contributed by atoms with Crippen LogP contribution >= 0.6 is 0 Å². The molecule has 0 heterocycles. The standard InChI is InChI=1S/C22H27N3O7S/c1-30-18-12-15(13-19(31-2)20(18)32-3)22(27)24-23-21(26)14-7-6-10-17(11-14)33(28,29)25-16-8-4-5-9-16/h6-7,10-13,16,25H,4-5,8-9H2,1-3H3,(H,23,26)(H,24,27). The summed E-state index contributed by atoms with van der Waals surface area (Å²) in [6, 6.07) is 8.38. The van der Waals surface area contributed by atoms with E-state index >= 15 is 0 Å². The molecule has 10 nitrogen and oxygen atoms in total. The van der Waals surface area contributed by atoms with Gasteiger partial charge < -0.3 is 14.2 Å². The first-order valence-electron chi connectivity index (χ1n) is 10.3. The highest BCUT2D eigenvalue weighted by Crippen LogP contribution is 2.38. The van der Waals surface area contributed by atoms with Gasteiger partial charge in [-0.15, -0.1) is 0 Å². The van der Waals surface area contributed by atoms with E-state index < -0.39 is 21.8 Å². The number of ether oxygens (including phenoxy) is 3. The number of rotatable bonds is 8. The lowest BCUT2D eigenvalue weighted by atomic mass is 10.1. The van der Waals surface area contributed by atoms with Gasteiger partial charge in [0.25, 0.3) is 11.8 Å². The van der Waals surface area contributed by atoms with Crippen molar-refractivity contribution >= 4 is 21.8 Å². The van der Waals surface area contributed by atoms with Crippen molar-refractivity contribution in [3.05, 3.63) is 47.5 Å². The highest BCUT2D eigenvalue weighted by molar-refractivity contribution is 7.89. The zero-order chi connectivity index (χ0) is 24.0. The molecule has 33 heavy (non-hydrogen) atoms. The summed E-state index contributed by atoms with van der Waals surface area (Å²) < 4.78 is 43.6. The average molecular weight is 478 g/mol. The maximum absolute atomic E-state index is 12.6. The predicted molar refractivity (Wildman–Crippen MR) is 120 cm³/mol. The van der Waals surface area contributed by atoms with Crippen molar-refractivity contribution in [2.75, 3.05) is 21.3 Å². The maximum atomic E-state index is 12.6. The lowest BCUT2D eigenvalue weighted by Crippen LogP contribution is -2.41. The fourth-order valence-corrected chi connectivity index (χ4v) is 4.96. The quantitative estimate of drug-likeness (QED) is 0.496. The van der Waals surface area contributed by atoms with E-state index in [9.17, 15) is 18.0 Å². The van der Waals surface area contributed by atoms with Crippen LogP contribution in [0.2, 0.25) is 0 Å². The minimum Gasteiger partial charge on any atom is -0.493 e. The van der Waals surface area contributed by atoms with Crippen molar-refractivity contribution in [2.45, 2.75) is 36.6 Å². The Morgan fingerprint density at radius 1 is 0.848 bits per heavy atom. The Bertz CT molecular complexity index is 1100. The van der Waals surface area contributed by atoms with E-state index in [1.807, 2.05) is 0 Å². The largest absolute Gasteiger partial charge is 0.493 e. The van der Waals surface area contributed by atoms with Crippen LogP contribution in [0.15, 0.2) is 41.3 Å². The molecule has 0 aromatic heterocycles. The molecule has 0 spiro atoms. The summed E-state index contributed by atoms with van der Waals surface area (Å²) in [5.74, 6) is -0.421. The van der Waals surface area contributed by atoms with Crippen LogP contribution in [-0.4, -0.2) is 47.6 Å². The lowest BCUT2D eigenvalue weighted by molar-refractivity contribution is 0.0846. The van der Waals surface area contributed by atoms with Crippen molar-refractivity contribution < 1.29 is 32.2 Å². The molecule has 11 heteroatoms. The third-order valence-corrected chi connectivity index (χ3v) is 6.82. The zero-order valence-electron chi connectivity index (χ0n) is 18.6. The molecule has 2 aromatic rings. The molecule has 0 saturated heterocycles. The minimum absolute atomic E-state index is 0.0157. The molecule has 3 N–H and O–H groups in total. The molecule has 0 unspecified atom stereocenters. The van der Waals surface area contributed by atoms with Gasteiger partial charge in [-0.05, 0) is 43.2 Å². The van der Waals surface area contributed by atoms with Crippen LogP contribution in [0, 0.1) is 0 Å². The van der Waals surface area contributed by atoms with E-state index in [-0.39, 0.29) is 33.6 Å². The van der Waals surface area contributed by atoms with Crippen molar-refractivity contribution in [2.24, 2.45) is 0 Å². The van der Waals surface area contributed by atoms with Crippen LogP contribution in [0.25, 0.3) is 0 Å². The molecular weight excluding hydrogens is 450 g/mol. The van der Waals surface area contributed by atoms with E-state index in [1.165, 1.54) is 57.7 Å². The van der Waals surface area contributed by atoms with E-state index in [0.29, 0.717) is 5.75 Å². The first-order chi connectivity index (χ1) is 15.8. The van der Waals surface area contributed by atoms with Crippen molar-refractivity contribution in [3.8, 4) is 17.2 Å². The summed E-state index contributed by atoms with van der Waals surface area (Å²) in [6.45, 7) is 0. The normalized spacial score (nSPS) is 13.9. The Hall–Kier alpha value is -3.31. The summed E-state index contributed by atoms with van der Waals surface area (Å²) in [5, 5.41) is 0. The zero-order valence-corrected chi connectivity index (χ0v) is 19.5. The molecular formula is C22H27N3O7S. The average Bonchev–Trinajstić information content (AvgIpc) is 3.33. The van der Waals surface area contributed by atoms with Gasteiger partial charge in [-0.3, -0.25) is 20.4 Å². The summed E-state index contributed by atoms with van der Waals surface area (Å²) in [7, 11) is 0.529. The fourth-order valence-electron chi connectivity index (χ4n) is 3.61. The van der Waals surface area contributed by atoms with E-state index in [1.54, 1.807) is 0 Å². The Kier molecular flexibility index (Phi) is 7.77. The Morgan fingerprint density at radius 2 is 1.42 bits per heavy atom. The molecule has 0 aliphatic heterocycles. The van der Waals surface area contributed by atoms with Gasteiger partial charge in [-0.25, -0.2) is 13.1 Å². The van der Waals surface area contributed by atoms with E-state index in [4.69, 9.17) is 14.2 Å². The monoisotopic (exact) mass is 477 g/mol. The number of methoxy groups -OCH3 is 3.